The van der Waals surface area contributed by atoms with Crippen LogP contribution in [0.5, 0.6) is 0 Å². The Kier molecular flexibility index (Phi) is 3.95. The standard InChI is InChI=1S/C17H21N7O/c1-12-7-18-11-24(17(12)25)8-13-3-5-23(6-4-13)16-14-9-22(2)21-15(14)19-10-20-16/h7,9-11,13H,3-6,8H2,1-2H3. The first-order valence-corrected chi connectivity index (χ1v) is 8.52. The Morgan fingerprint density at radius 2 is 2.04 bits per heavy atom. The number of hydrogen-bond acceptors (Lipinski definition) is 6. The lowest BCUT2D eigenvalue weighted by Gasteiger charge is -2.33. The fourth-order valence-electron chi connectivity index (χ4n) is 3.48. The summed E-state index contributed by atoms with van der Waals surface area (Å²) in [7, 11) is 1.89. The third-order valence-corrected chi connectivity index (χ3v) is 4.85. The Balaban J connectivity index is 1.48. The summed E-state index contributed by atoms with van der Waals surface area (Å²) < 4.78 is 3.51. The van der Waals surface area contributed by atoms with Crippen LogP contribution in [0.1, 0.15) is 18.4 Å². The molecule has 0 radical (unpaired) electrons. The second kappa shape index (κ2) is 6.27. The van der Waals surface area contributed by atoms with Gasteiger partial charge < -0.3 is 4.90 Å². The van der Waals surface area contributed by atoms with Gasteiger partial charge in [-0.15, -0.1) is 0 Å². The maximum Gasteiger partial charge on any atom is 0.256 e. The highest BCUT2D eigenvalue weighted by atomic mass is 16.1. The van der Waals surface area contributed by atoms with Crippen LogP contribution in [-0.4, -0.2) is 42.4 Å². The second-order valence-electron chi connectivity index (χ2n) is 6.70. The van der Waals surface area contributed by atoms with Gasteiger partial charge in [0.05, 0.1) is 11.7 Å². The van der Waals surface area contributed by atoms with Crippen molar-refractivity contribution in [2.24, 2.45) is 13.0 Å². The van der Waals surface area contributed by atoms with Crippen LogP contribution in [0.25, 0.3) is 11.0 Å². The Morgan fingerprint density at radius 3 is 2.84 bits per heavy atom. The van der Waals surface area contributed by atoms with E-state index in [4.69, 9.17) is 0 Å². The van der Waals surface area contributed by atoms with Crippen molar-refractivity contribution in [1.82, 2.24) is 29.3 Å². The lowest BCUT2D eigenvalue weighted by atomic mass is 9.96. The number of aromatic nitrogens is 6. The van der Waals surface area contributed by atoms with Gasteiger partial charge in [-0.3, -0.25) is 14.0 Å². The molecule has 4 heterocycles. The van der Waals surface area contributed by atoms with Crippen LogP contribution < -0.4 is 10.5 Å². The monoisotopic (exact) mass is 339 g/mol. The number of rotatable bonds is 3. The van der Waals surface area contributed by atoms with E-state index in [1.54, 1.807) is 28.1 Å². The molecule has 130 valence electrons. The molecule has 0 unspecified atom stereocenters. The quantitative estimate of drug-likeness (QED) is 0.712. The first-order chi connectivity index (χ1) is 12.1. The van der Waals surface area contributed by atoms with Crippen LogP contribution in [0.3, 0.4) is 0 Å². The maximum absolute atomic E-state index is 12.2. The summed E-state index contributed by atoms with van der Waals surface area (Å²) in [5.74, 6) is 1.43. The summed E-state index contributed by atoms with van der Waals surface area (Å²) in [5, 5.41) is 5.34. The molecule has 4 rings (SSSR count). The lowest BCUT2D eigenvalue weighted by molar-refractivity contribution is 0.350. The molecule has 0 bridgehead atoms. The predicted molar refractivity (Wildman–Crippen MR) is 94.5 cm³/mol. The van der Waals surface area contributed by atoms with E-state index < -0.39 is 0 Å². The van der Waals surface area contributed by atoms with Gasteiger partial charge in [0.25, 0.3) is 5.56 Å². The van der Waals surface area contributed by atoms with E-state index in [-0.39, 0.29) is 5.56 Å². The molecule has 1 fully saturated rings. The fraction of sp³-hybridized carbons (Fsp3) is 0.471. The highest BCUT2D eigenvalue weighted by Crippen LogP contribution is 2.27. The molecule has 0 aromatic carbocycles. The van der Waals surface area contributed by atoms with Crippen LogP contribution >= 0.6 is 0 Å². The molecule has 0 aliphatic carbocycles. The summed E-state index contributed by atoms with van der Waals surface area (Å²) in [4.78, 5) is 27.3. The number of aryl methyl sites for hydroxylation is 2. The molecule has 25 heavy (non-hydrogen) atoms. The first-order valence-electron chi connectivity index (χ1n) is 8.52. The average molecular weight is 339 g/mol. The van der Waals surface area contributed by atoms with E-state index in [0.29, 0.717) is 11.5 Å². The molecule has 3 aromatic heterocycles. The Labute approximate surface area is 145 Å². The van der Waals surface area contributed by atoms with Crippen molar-refractivity contribution in [3.8, 4) is 0 Å². The zero-order valence-corrected chi connectivity index (χ0v) is 14.5. The van der Waals surface area contributed by atoms with Gasteiger partial charge in [-0.1, -0.05) is 0 Å². The maximum atomic E-state index is 12.2. The van der Waals surface area contributed by atoms with Crippen molar-refractivity contribution in [1.29, 1.82) is 0 Å². The number of piperidine rings is 1. The Hall–Kier alpha value is -2.77. The second-order valence-corrected chi connectivity index (χ2v) is 6.70. The number of nitrogens with zero attached hydrogens (tertiary/aromatic N) is 7. The average Bonchev–Trinajstić information content (AvgIpc) is 3.00. The van der Waals surface area contributed by atoms with E-state index in [9.17, 15) is 4.79 Å². The molecule has 1 saturated heterocycles. The third-order valence-electron chi connectivity index (χ3n) is 4.85. The van der Waals surface area contributed by atoms with Gasteiger partial charge in [-0.2, -0.15) is 5.10 Å². The fourth-order valence-corrected chi connectivity index (χ4v) is 3.48. The summed E-state index contributed by atoms with van der Waals surface area (Å²) in [6.45, 7) is 4.37. The van der Waals surface area contributed by atoms with Crippen molar-refractivity contribution >= 4 is 16.9 Å². The zero-order chi connectivity index (χ0) is 17.4. The van der Waals surface area contributed by atoms with E-state index in [0.717, 1.165) is 49.3 Å². The molecule has 0 N–H and O–H groups in total. The van der Waals surface area contributed by atoms with Crippen LogP contribution in [0.15, 0.2) is 29.8 Å². The molecule has 0 saturated carbocycles. The van der Waals surface area contributed by atoms with E-state index in [2.05, 4.69) is 25.0 Å². The molecule has 0 amide bonds. The van der Waals surface area contributed by atoms with E-state index in [1.165, 1.54) is 0 Å². The van der Waals surface area contributed by atoms with Crippen LogP contribution in [0.2, 0.25) is 0 Å². The smallest absolute Gasteiger partial charge is 0.256 e. The normalized spacial score (nSPS) is 15.8. The molecule has 0 spiro atoms. The number of fused-ring (bicyclic) bond motifs is 1. The van der Waals surface area contributed by atoms with Gasteiger partial charge in [-0.25, -0.2) is 15.0 Å². The van der Waals surface area contributed by atoms with Crippen LogP contribution in [-0.2, 0) is 13.6 Å². The third kappa shape index (κ3) is 2.99. The van der Waals surface area contributed by atoms with Gasteiger partial charge in [0.1, 0.15) is 12.1 Å². The molecular weight excluding hydrogens is 318 g/mol. The minimum absolute atomic E-state index is 0.0605. The van der Waals surface area contributed by atoms with Crippen LogP contribution in [0, 0.1) is 12.8 Å². The van der Waals surface area contributed by atoms with Crippen LogP contribution in [0.4, 0.5) is 5.82 Å². The molecule has 1 aliphatic rings. The van der Waals surface area contributed by atoms with Gasteiger partial charge >= 0.3 is 0 Å². The minimum atomic E-state index is 0.0605. The van der Waals surface area contributed by atoms with Gasteiger partial charge in [-0.05, 0) is 25.7 Å². The highest BCUT2D eigenvalue weighted by Gasteiger charge is 2.23. The minimum Gasteiger partial charge on any atom is -0.356 e. The lowest BCUT2D eigenvalue weighted by Crippen LogP contribution is -2.37. The van der Waals surface area contributed by atoms with Gasteiger partial charge in [0, 0.05) is 44.6 Å². The molecule has 8 heteroatoms. The summed E-state index contributed by atoms with van der Waals surface area (Å²) >= 11 is 0. The first kappa shape index (κ1) is 15.7. The van der Waals surface area contributed by atoms with Crippen molar-refractivity contribution in [2.75, 3.05) is 18.0 Å². The number of anilines is 1. The van der Waals surface area contributed by atoms with Crippen molar-refractivity contribution in [2.45, 2.75) is 26.3 Å². The van der Waals surface area contributed by atoms with E-state index in [1.807, 2.05) is 20.2 Å². The molecule has 3 aromatic rings. The van der Waals surface area contributed by atoms with Gasteiger partial charge in [0.2, 0.25) is 0 Å². The molecule has 8 nitrogen and oxygen atoms in total. The largest absolute Gasteiger partial charge is 0.356 e. The SMILES string of the molecule is Cc1cncn(CC2CCN(c3ncnc4nn(C)cc34)CC2)c1=O. The zero-order valence-electron chi connectivity index (χ0n) is 14.5. The Bertz CT molecular complexity index is 953. The predicted octanol–water partition coefficient (Wildman–Crippen LogP) is 1.15. The van der Waals surface area contributed by atoms with Gasteiger partial charge in [0.15, 0.2) is 5.65 Å². The summed E-state index contributed by atoms with van der Waals surface area (Å²) in [5.41, 5.74) is 1.48. The van der Waals surface area contributed by atoms with E-state index >= 15 is 0 Å². The number of hydrogen-bond donors (Lipinski definition) is 0. The highest BCUT2D eigenvalue weighted by molar-refractivity contribution is 5.86. The summed E-state index contributed by atoms with van der Waals surface area (Å²) in [6, 6.07) is 0. The van der Waals surface area contributed by atoms with Crippen molar-refractivity contribution in [3.05, 3.63) is 41.0 Å². The summed E-state index contributed by atoms with van der Waals surface area (Å²) in [6.07, 6.45) is 8.85. The Morgan fingerprint density at radius 1 is 1.24 bits per heavy atom. The molecule has 0 atom stereocenters. The molecular formula is C17H21N7O. The topological polar surface area (TPSA) is 81.7 Å². The van der Waals surface area contributed by atoms with Crippen molar-refractivity contribution < 1.29 is 0 Å². The van der Waals surface area contributed by atoms with Crippen molar-refractivity contribution in [3.63, 3.8) is 0 Å². The molecule has 1 aliphatic heterocycles.